The zero-order chi connectivity index (χ0) is 17.8. The number of hydrogen-bond acceptors (Lipinski definition) is 4. The lowest BCUT2D eigenvalue weighted by molar-refractivity contribution is -0.146. The molecule has 0 radical (unpaired) electrons. The van der Waals surface area contributed by atoms with Crippen LogP contribution in [0.3, 0.4) is 0 Å². The lowest BCUT2D eigenvalue weighted by Gasteiger charge is -2.18. The molecule has 1 aliphatic rings. The molecule has 1 saturated heterocycles. The molecule has 0 aliphatic carbocycles. The van der Waals surface area contributed by atoms with Crippen molar-refractivity contribution in [2.75, 3.05) is 6.54 Å². The molecule has 5 heteroatoms. The van der Waals surface area contributed by atoms with E-state index in [2.05, 4.69) is 0 Å². The normalized spacial score (nSPS) is 18.4. The Balaban J connectivity index is 1.65. The van der Waals surface area contributed by atoms with E-state index in [4.69, 9.17) is 0 Å². The Labute approximate surface area is 151 Å². The fraction of sp³-hybridized carbons (Fsp3) is 0.250. The number of nitrogens with zero attached hydrogens (tertiary/aromatic N) is 1. The molecule has 3 rings (SSSR count). The van der Waals surface area contributed by atoms with E-state index in [9.17, 15) is 14.4 Å². The number of thioether (sulfide) groups is 1. The predicted octanol–water partition coefficient (Wildman–Crippen LogP) is 3.03. The molecule has 128 valence electrons. The third-order valence-corrected chi connectivity index (χ3v) is 5.50. The van der Waals surface area contributed by atoms with Crippen molar-refractivity contribution < 1.29 is 14.4 Å². The van der Waals surface area contributed by atoms with E-state index >= 15 is 0 Å². The van der Waals surface area contributed by atoms with Gasteiger partial charge in [0.25, 0.3) is 5.91 Å². The van der Waals surface area contributed by atoms with Crippen LogP contribution in [0.1, 0.15) is 24.0 Å². The molecule has 0 aromatic heterocycles. The Hall–Kier alpha value is -2.40. The average molecular weight is 353 g/mol. The lowest BCUT2D eigenvalue weighted by Crippen LogP contribution is -2.38. The van der Waals surface area contributed by atoms with Crippen LogP contribution >= 0.6 is 11.8 Å². The zero-order valence-electron chi connectivity index (χ0n) is 13.9. The predicted molar refractivity (Wildman–Crippen MR) is 98.1 cm³/mol. The first kappa shape index (κ1) is 17.4. The van der Waals surface area contributed by atoms with Crippen LogP contribution in [-0.2, 0) is 20.1 Å². The molecule has 0 spiro atoms. The molecule has 2 aromatic carbocycles. The minimum Gasteiger partial charge on any atom is -0.288 e. The number of amides is 2. The summed E-state index contributed by atoms with van der Waals surface area (Å²) in [4.78, 5) is 38.3. The van der Waals surface area contributed by atoms with Crippen molar-refractivity contribution in [3.63, 3.8) is 0 Å². The van der Waals surface area contributed by atoms with Gasteiger partial charge in [-0.15, -0.1) is 11.8 Å². The number of carbonyl (C=O) groups is 3. The third kappa shape index (κ3) is 3.82. The Morgan fingerprint density at radius 1 is 1.08 bits per heavy atom. The maximum atomic E-state index is 12.6. The van der Waals surface area contributed by atoms with Crippen molar-refractivity contribution in [1.29, 1.82) is 0 Å². The minimum atomic E-state index is -0.689. The number of imide groups is 1. The quantitative estimate of drug-likeness (QED) is 0.776. The first-order valence-corrected chi connectivity index (χ1v) is 9.23. The summed E-state index contributed by atoms with van der Waals surface area (Å²) in [6.07, 6.45) is 0. The minimum absolute atomic E-state index is 0.136. The van der Waals surface area contributed by atoms with Gasteiger partial charge in [0.2, 0.25) is 11.7 Å². The van der Waals surface area contributed by atoms with Crippen molar-refractivity contribution in [1.82, 2.24) is 4.90 Å². The Morgan fingerprint density at radius 2 is 1.68 bits per heavy atom. The van der Waals surface area contributed by atoms with Crippen LogP contribution in [0.4, 0.5) is 0 Å². The Bertz CT molecular complexity index is 776. The molecule has 1 aliphatic heterocycles. The van der Waals surface area contributed by atoms with Crippen molar-refractivity contribution in [2.24, 2.45) is 0 Å². The second-order valence-corrected chi connectivity index (χ2v) is 7.35. The van der Waals surface area contributed by atoms with E-state index in [1.54, 1.807) is 6.92 Å². The highest BCUT2D eigenvalue weighted by Crippen LogP contribution is 2.28. The Kier molecular flexibility index (Phi) is 5.34. The molecule has 0 saturated carbocycles. The zero-order valence-corrected chi connectivity index (χ0v) is 14.7. The molecule has 0 N–H and O–H groups in total. The largest absolute Gasteiger partial charge is 0.297 e. The number of ketones is 1. The van der Waals surface area contributed by atoms with Gasteiger partial charge >= 0.3 is 0 Å². The van der Waals surface area contributed by atoms with Crippen LogP contribution < -0.4 is 0 Å². The topological polar surface area (TPSA) is 54.5 Å². The summed E-state index contributed by atoms with van der Waals surface area (Å²) in [7, 11) is 0. The van der Waals surface area contributed by atoms with Gasteiger partial charge in [-0.3, -0.25) is 19.3 Å². The molecule has 1 fully saturated rings. The molecule has 0 unspecified atom stereocenters. The van der Waals surface area contributed by atoms with E-state index in [1.807, 2.05) is 60.7 Å². The van der Waals surface area contributed by atoms with Gasteiger partial charge in [-0.2, -0.15) is 0 Å². The van der Waals surface area contributed by atoms with Crippen LogP contribution in [0, 0.1) is 0 Å². The number of carbonyl (C=O) groups excluding carboxylic acids is 3. The summed E-state index contributed by atoms with van der Waals surface area (Å²) < 4.78 is 0. The van der Waals surface area contributed by atoms with Crippen LogP contribution in [0.5, 0.6) is 0 Å². The van der Waals surface area contributed by atoms with Crippen molar-refractivity contribution in [3.8, 4) is 0 Å². The summed E-state index contributed by atoms with van der Waals surface area (Å²) in [5, 5.41) is -0.383. The maximum absolute atomic E-state index is 12.6. The summed E-state index contributed by atoms with van der Waals surface area (Å²) in [6.45, 7) is 1.92. The second-order valence-electron chi connectivity index (χ2n) is 6.02. The van der Waals surface area contributed by atoms with Gasteiger partial charge < -0.3 is 0 Å². The molecular formula is C20H19NO3S. The number of hydrogen-bond donors (Lipinski definition) is 0. The van der Waals surface area contributed by atoms with Gasteiger partial charge in [-0.25, -0.2) is 0 Å². The van der Waals surface area contributed by atoms with E-state index in [-0.39, 0.29) is 17.7 Å². The van der Waals surface area contributed by atoms with Crippen LogP contribution in [0.15, 0.2) is 60.7 Å². The monoisotopic (exact) mass is 353 g/mol. The Morgan fingerprint density at radius 3 is 2.32 bits per heavy atom. The fourth-order valence-electron chi connectivity index (χ4n) is 2.85. The van der Waals surface area contributed by atoms with Crippen LogP contribution in [0.25, 0.3) is 0 Å². The summed E-state index contributed by atoms with van der Waals surface area (Å²) in [5.74, 6) is -1.35. The highest BCUT2D eigenvalue weighted by atomic mass is 32.2. The SMILES string of the molecule is C[C@H](SCc1ccccc1)C(=O)N1C[C@H](c2ccccc2)C(=O)C1=O. The lowest BCUT2D eigenvalue weighted by atomic mass is 9.97. The van der Waals surface area contributed by atoms with Crippen LogP contribution in [0.2, 0.25) is 0 Å². The van der Waals surface area contributed by atoms with Gasteiger partial charge in [0.05, 0.1) is 11.2 Å². The smallest absolute Gasteiger partial charge is 0.288 e. The third-order valence-electron chi connectivity index (χ3n) is 4.30. The first-order chi connectivity index (χ1) is 12.1. The number of rotatable bonds is 5. The van der Waals surface area contributed by atoms with Gasteiger partial charge in [-0.1, -0.05) is 60.7 Å². The van der Waals surface area contributed by atoms with E-state index in [0.717, 1.165) is 16.0 Å². The van der Waals surface area contributed by atoms with Crippen LogP contribution in [-0.4, -0.2) is 34.3 Å². The maximum Gasteiger partial charge on any atom is 0.297 e. The molecule has 2 amide bonds. The standard InChI is InChI=1S/C20H19NO3S/c1-14(25-13-15-8-4-2-5-9-15)19(23)21-12-17(18(22)20(21)24)16-10-6-3-7-11-16/h2-11,14,17H,12-13H2,1H3/t14-,17+/m0/s1. The summed E-state index contributed by atoms with van der Waals surface area (Å²) in [5.41, 5.74) is 1.90. The summed E-state index contributed by atoms with van der Waals surface area (Å²) in [6, 6.07) is 19.0. The first-order valence-electron chi connectivity index (χ1n) is 8.18. The molecule has 1 heterocycles. The average Bonchev–Trinajstić information content (AvgIpc) is 2.96. The van der Waals surface area contributed by atoms with Gasteiger partial charge in [-0.05, 0) is 18.1 Å². The van der Waals surface area contributed by atoms with Crippen molar-refractivity contribution >= 4 is 29.4 Å². The number of benzene rings is 2. The number of likely N-dealkylation sites (tertiary alicyclic amines) is 1. The number of Topliss-reactive ketones (excluding diaryl/α,β-unsaturated/α-hetero) is 1. The highest BCUT2D eigenvalue weighted by molar-refractivity contribution is 7.99. The van der Waals surface area contributed by atoms with Crippen molar-refractivity contribution in [2.45, 2.75) is 23.8 Å². The molecule has 0 bridgehead atoms. The van der Waals surface area contributed by atoms with E-state index in [1.165, 1.54) is 11.8 Å². The van der Waals surface area contributed by atoms with E-state index in [0.29, 0.717) is 5.75 Å². The van der Waals surface area contributed by atoms with Gasteiger partial charge in [0.1, 0.15) is 0 Å². The van der Waals surface area contributed by atoms with Gasteiger partial charge in [0.15, 0.2) is 0 Å². The van der Waals surface area contributed by atoms with Crippen molar-refractivity contribution in [3.05, 3.63) is 71.8 Å². The molecule has 4 nitrogen and oxygen atoms in total. The second kappa shape index (κ2) is 7.66. The fourth-order valence-corrected chi connectivity index (χ4v) is 3.75. The van der Waals surface area contributed by atoms with Gasteiger partial charge in [0, 0.05) is 12.3 Å². The van der Waals surface area contributed by atoms with E-state index < -0.39 is 17.6 Å². The molecule has 2 aromatic rings. The molecule has 2 atom stereocenters. The summed E-state index contributed by atoms with van der Waals surface area (Å²) >= 11 is 1.47. The molecule has 25 heavy (non-hydrogen) atoms. The molecular weight excluding hydrogens is 334 g/mol. The highest BCUT2D eigenvalue weighted by Gasteiger charge is 2.43.